The molecule has 2 fully saturated rings. The van der Waals surface area contributed by atoms with E-state index < -0.39 is 0 Å². The number of ether oxygens (including phenoxy) is 1. The van der Waals surface area contributed by atoms with Crippen LogP contribution in [-0.4, -0.2) is 59.8 Å². The van der Waals surface area contributed by atoms with E-state index >= 15 is 0 Å². The topological polar surface area (TPSA) is 74.0 Å². The van der Waals surface area contributed by atoms with Gasteiger partial charge in [-0.1, -0.05) is 44.0 Å². The van der Waals surface area contributed by atoms with Gasteiger partial charge in [-0.3, -0.25) is 0 Å². The van der Waals surface area contributed by atoms with Gasteiger partial charge in [0, 0.05) is 67.5 Å². The molecule has 0 amide bonds. The standard InChI is InChI=1S/C29H42N4O2/c1-5-10-25(33-15-8-9-16-33)20-27(35-26-13-17-32(18-14-26)21-23(3)34)19-22(2)31-29-12-7-6-11-28(29)24(4)30/h5-7,10-12,20,23,26,31,34H,1-2,4,8-9,13-19,21,30H2,3H3/b25-10+,27-20+/t23-/m0/s1. The highest BCUT2D eigenvalue weighted by Gasteiger charge is 2.23. The second-order valence-electron chi connectivity index (χ2n) is 9.58. The third-order valence-corrected chi connectivity index (χ3v) is 6.42. The molecule has 2 saturated heterocycles. The number of benzene rings is 1. The lowest BCUT2D eigenvalue weighted by Gasteiger charge is -2.33. The summed E-state index contributed by atoms with van der Waals surface area (Å²) in [6.07, 6.45) is 10.7. The minimum atomic E-state index is -0.308. The summed E-state index contributed by atoms with van der Waals surface area (Å²) in [5.74, 6) is 0.889. The van der Waals surface area contributed by atoms with Crippen LogP contribution in [0.4, 0.5) is 5.69 Å². The number of piperidine rings is 1. The number of nitrogens with zero attached hydrogens (tertiary/aromatic N) is 2. The van der Waals surface area contributed by atoms with Crippen LogP contribution in [0.15, 0.2) is 79.4 Å². The van der Waals surface area contributed by atoms with Crippen molar-refractivity contribution in [1.82, 2.24) is 9.80 Å². The van der Waals surface area contributed by atoms with Crippen molar-refractivity contribution in [2.24, 2.45) is 5.73 Å². The first-order chi connectivity index (χ1) is 16.9. The number of β-amino-alcohol motifs (C(OH)–C–C–N with tert-alkyl or cyclic N) is 1. The summed E-state index contributed by atoms with van der Waals surface area (Å²) in [4.78, 5) is 4.69. The Morgan fingerprint density at radius 1 is 1.20 bits per heavy atom. The molecule has 1 aromatic carbocycles. The van der Waals surface area contributed by atoms with Crippen LogP contribution in [0.25, 0.3) is 5.70 Å². The van der Waals surface area contributed by atoms with Crippen LogP contribution < -0.4 is 11.1 Å². The molecule has 0 spiro atoms. The fraction of sp³-hybridized carbons (Fsp3) is 0.448. The summed E-state index contributed by atoms with van der Waals surface area (Å²) in [5.41, 5.74) is 10.2. The van der Waals surface area contributed by atoms with E-state index in [0.29, 0.717) is 18.7 Å². The van der Waals surface area contributed by atoms with Crippen LogP contribution in [0.2, 0.25) is 0 Å². The Morgan fingerprint density at radius 2 is 1.89 bits per heavy atom. The lowest BCUT2D eigenvalue weighted by Crippen LogP contribution is -2.40. The van der Waals surface area contributed by atoms with E-state index in [9.17, 15) is 5.11 Å². The van der Waals surface area contributed by atoms with Crippen molar-refractivity contribution >= 4 is 11.4 Å². The van der Waals surface area contributed by atoms with Crippen LogP contribution in [0.5, 0.6) is 0 Å². The van der Waals surface area contributed by atoms with Gasteiger partial charge in [0.25, 0.3) is 0 Å². The molecule has 2 aliphatic heterocycles. The molecule has 3 rings (SSSR count). The maximum atomic E-state index is 9.71. The average molecular weight is 479 g/mol. The van der Waals surface area contributed by atoms with Crippen LogP contribution in [0.3, 0.4) is 0 Å². The number of aliphatic hydroxyl groups excluding tert-OH is 1. The SMILES string of the molecule is C=C/C=C(\C=C(/CC(=C)Nc1ccccc1C(=C)N)OC1CCN(C[C@H](C)O)CC1)N1CCCC1. The quantitative estimate of drug-likeness (QED) is 0.295. The Hall–Kier alpha value is -2.96. The summed E-state index contributed by atoms with van der Waals surface area (Å²) in [7, 11) is 0. The van der Waals surface area contributed by atoms with Gasteiger partial charge >= 0.3 is 0 Å². The van der Waals surface area contributed by atoms with Crippen LogP contribution >= 0.6 is 0 Å². The fourth-order valence-electron chi connectivity index (χ4n) is 4.75. The Bertz CT molecular complexity index is 936. The van der Waals surface area contributed by atoms with E-state index in [4.69, 9.17) is 10.5 Å². The molecule has 190 valence electrons. The second-order valence-corrected chi connectivity index (χ2v) is 9.58. The number of allylic oxidation sites excluding steroid dienone is 3. The van der Waals surface area contributed by atoms with Gasteiger partial charge < -0.3 is 30.7 Å². The summed E-state index contributed by atoms with van der Waals surface area (Å²) < 4.78 is 6.59. The van der Waals surface area contributed by atoms with Gasteiger partial charge in [0.05, 0.1) is 6.10 Å². The highest BCUT2D eigenvalue weighted by molar-refractivity contribution is 5.74. The van der Waals surface area contributed by atoms with Crippen molar-refractivity contribution in [3.05, 3.63) is 84.9 Å². The Morgan fingerprint density at radius 3 is 2.51 bits per heavy atom. The van der Waals surface area contributed by atoms with Crippen molar-refractivity contribution < 1.29 is 9.84 Å². The third-order valence-electron chi connectivity index (χ3n) is 6.42. The number of rotatable bonds is 12. The Labute approximate surface area is 211 Å². The summed E-state index contributed by atoms with van der Waals surface area (Å²) in [6.45, 7) is 18.6. The minimum Gasteiger partial charge on any atom is -0.494 e. The van der Waals surface area contributed by atoms with Gasteiger partial charge in [0.15, 0.2) is 0 Å². The monoisotopic (exact) mass is 478 g/mol. The lowest BCUT2D eigenvalue weighted by atomic mass is 10.1. The number of nitrogens with two attached hydrogens (primary N) is 1. The highest BCUT2D eigenvalue weighted by atomic mass is 16.5. The van der Waals surface area contributed by atoms with Gasteiger partial charge in [0.1, 0.15) is 11.9 Å². The molecule has 1 aromatic rings. The molecule has 2 aliphatic rings. The van der Waals surface area contributed by atoms with E-state index in [-0.39, 0.29) is 12.2 Å². The van der Waals surface area contributed by atoms with Crippen molar-refractivity contribution in [3.8, 4) is 0 Å². The van der Waals surface area contributed by atoms with Crippen LogP contribution in [0.1, 0.15) is 44.6 Å². The molecule has 0 aliphatic carbocycles. The Balaban J connectivity index is 1.74. The molecule has 35 heavy (non-hydrogen) atoms. The summed E-state index contributed by atoms with van der Waals surface area (Å²) >= 11 is 0. The molecule has 4 N–H and O–H groups in total. The van der Waals surface area contributed by atoms with Crippen LogP contribution in [0, 0.1) is 0 Å². The summed E-state index contributed by atoms with van der Waals surface area (Å²) in [6, 6.07) is 7.84. The number of hydrogen-bond acceptors (Lipinski definition) is 6. The lowest BCUT2D eigenvalue weighted by molar-refractivity contribution is 0.0324. The Kier molecular flexibility index (Phi) is 10.1. The fourth-order valence-corrected chi connectivity index (χ4v) is 4.75. The largest absolute Gasteiger partial charge is 0.494 e. The first-order valence-electron chi connectivity index (χ1n) is 12.7. The van der Waals surface area contributed by atoms with Crippen molar-refractivity contribution in [2.45, 2.75) is 51.2 Å². The first-order valence-corrected chi connectivity index (χ1v) is 12.7. The van der Waals surface area contributed by atoms with Crippen molar-refractivity contribution in [3.63, 3.8) is 0 Å². The molecule has 0 bridgehead atoms. The van der Waals surface area contributed by atoms with E-state index in [1.165, 1.54) is 12.8 Å². The van der Waals surface area contributed by atoms with Gasteiger partial charge in [-0.25, -0.2) is 0 Å². The number of para-hydroxylation sites is 1. The zero-order valence-corrected chi connectivity index (χ0v) is 21.2. The first kappa shape index (κ1) is 26.6. The number of likely N-dealkylation sites (tertiary alicyclic amines) is 2. The normalized spacial score (nSPS) is 18.9. The zero-order valence-electron chi connectivity index (χ0n) is 21.2. The maximum Gasteiger partial charge on any atom is 0.104 e. The molecule has 0 saturated carbocycles. The third kappa shape index (κ3) is 8.34. The maximum absolute atomic E-state index is 9.71. The van der Waals surface area contributed by atoms with Gasteiger partial charge in [0.2, 0.25) is 0 Å². The molecule has 1 atom stereocenters. The predicted molar refractivity (Wildman–Crippen MR) is 146 cm³/mol. The molecule has 6 nitrogen and oxygen atoms in total. The molecular weight excluding hydrogens is 436 g/mol. The van der Waals surface area contributed by atoms with E-state index in [1.54, 1.807) is 0 Å². The van der Waals surface area contributed by atoms with Gasteiger partial charge in [-0.15, -0.1) is 0 Å². The molecule has 0 radical (unpaired) electrons. The van der Waals surface area contributed by atoms with Gasteiger partial charge in [-0.05, 0) is 50.8 Å². The highest BCUT2D eigenvalue weighted by Crippen LogP contribution is 2.27. The van der Waals surface area contributed by atoms with Crippen molar-refractivity contribution in [2.75, 3.05) is 38.0 Å². The van der Waals surface area contributed by atoms with E-state index in [0.717, 1.165) is 67.4 Å². The van der Waals surface area contributed by atoms with E-state index in [2.05, 4.69) is 47.0 Å². The number of nitrogens with one attached hydrogen (secondary N) is 1. The zero-order chi connectivity index (χ0) is 25.2. The average Bonchev–Trinajstić information content (AvgIpc) is 3.35. The molecular formula is C29H42N4O2. The number of anilines is 1. The van der Waals surface area contributed by atoms with Gasteiger partial charge in [-0.2, -0.15) is 0 Å². The van der Waals surface area contributed by atoms with Crippen molar-refractivity contribution in [1.29, 1.82) is 0 Å². The molecule has 2 heterocycles. The van der Waals surface area contributed by atoms with E-state index in [1.807, 2.05) is 37.3 Å². The predicted octanol–water partition coefficient (Wildman–Crippen LogP) is 4.84. The molecule has 6 heteroatoms. The number of aliphatic hydroxyl groups is 1. The smallest absolute Gasteiger partial charge is 0.104 e. The second kappa shape index (κ2) is 13.2. The molecule has 0 unspecified atom stereocenters. The molecule has 0 aromatic heterocycles. The van der Waals surface area contributed by atoms with Crippen LogP contribution in [-0.2, 0) is 4.74 Å². The minimum absolute atomic E-state index is 0.138. The number of hydrogen-bond donors (Lipinski definition) is 3. The summed E-state index contributed by atoms with van der Waals surface area (Å²) in [5, 5.41) is 13.1.